The molecule has 4 rings (SSSR count). The summed E-state index contributed by atoms with van der Waals surface area (Å²) in [7, 11) is 5.51. The molecule has 0 radical (unpaired) electrons. The fourth-order valence-corrected chi connectivity index (χ4v) is 4.30. The van der Waals surface area contributed by atoms with E-state index < -0.39 is 0 Å². The summed E-state index contributed by atoms with van der Waals surface area (Å²) in [6.07, 6.45) is 4.05. The summed E-state index contributed by atoms with van der Waals surface area (Å²) in [6, 6.07) is 11.4. The molecule has 0 unspecified atom stereocenters. The Morgan fingerprint density at radius 2 is 2.00 bits per heavy atom. The van der Waals surface area contributed by atoms with Gasteiger partial charge >= 0.3 is 0 Å². The summed E-state index contributed by atoms with van der Waals surface area (Å²) in [5, 5.41) is 17.0. The number of methoxy groups -OCH3 is 1. The number of aromatic nitrogens is 2. The van der Waals surface area contributed by atoms with Crippen LogP contribution >= 0.6 is 0 Å². The summed E-state index contributed by atoms with van der Waals surface area (Å²) in [6.45, 7) is 8.12. The zero-order valence-corrected chi connectivity index (χ0v) is 22.1. The highest BCUT2D eigenvalue weighted by molar-refractivity contribution is 6.02. The SMILES string of the molecule is C=CC(=O)Nc1cc(Nc2cc(-c3ccc(C=N)c(NC)c3)ncn2)c(OC)cc1N1CC[N+](C)=C(C)C1. The second kappa shape index (κ2) is 11.5. The van der Waals surface area contributed by atoms with Crippen LogP contribution in [0.1, 0.15) is 12.5 Å². The number of rotatable bonds is 9. The van der Waals surface area contributed by atoms with E-state index in [9.17, 15) is 4.79 Å². The number of ether oxygens (including phenoxy) is 1. The summed E-state index contributed by atoms with van der Waals surface area (Å²) < 4.78 is 7.97. The lowest BCUT2D eigenvalue weighted by Crippen LogP contribution is -2.42. The standard InChI is InChI=1S/C28H32N8O2/c1-6-28(37)34-23-12-24(26(38-5)14-25(23)36-10-9-35(4)18(2)16-36)33-27-13-22(31-17-32-27)19-7-8-20(15-29)21(11-19)30-3/h6-8,11-15,17H,1,9-10,16H2,2-5H3,(H3-,29,30,31,32,33,34,37)/p+1. The predicted molar refractivity (Wildman–Crippen MR) is 154 cm³/mol. The van der Waals surface area contributed by atoms with Crippen LogP contribution < -0.4 is 25.6 Å². The van der Waals surface area contributed by atoms with Crippen molar-refractivity contribution in [1.82, 2.24) is 9.97 Å². The molecule has 1 aromatic heterocycles. The van der Waals surface area contributed by atoms with E-state index in [0.29, 0.717) is 22.9 Å². The monoisotopic (exact) mass is 513 g/mol. The highest BCUT2D eigenvalue weighted by Gasteiger charge is 2.24. The van der Waals surface area contributed by atoms with Gasteiger partial charge < -0.3 is 31.0 Å². The molecule has 0 bridgehead atoms. The van der Waals surface area contributed by atoms with Crippen LogP contribution in [0.15, 0.2) is 55.4 Å². The van der Waals surface area contributed by atoms with Crippen molar-refractivity contribution >= 4 is 46.4 Å². The first kappa shape index (κ1) is 26.3. The van der Waals surface area contributed by atoms with Crippen molar-refractivity contribution in [2.24, 2.45) is 0 Å². The normalized spacial score (nSPS) is 13.1. The Bertz CT molecular complexity index is 1420. The topological polar surface area (TPSA) is 118 Å². The van der Waals surface area contributed by atoms with E-state index in [1.807, 2.05) is 43.4 Å². The molecule has 10 heteroatoms. The largest absolute Gasteiger partial charge is 0.494 e. The maximum absolute atomic E-state index is 12.3. The first-order valence-electron chi connectivity index (χ1n) is 12.2. The van der Waals surface area contributed by atoms with Crippen molar-refractivity contribution in [2.75, 3.05) is 61.7 Å². The maximum atomic E-state index is 12.3. The highest BCUT2D eigenvalue weighted by Crippen LogP contribution is 2.39. The third-order valence-electron chi connectivity index (χ3n) is 6.58. The van der Waals surface area contributed by atoms with E-state index in [-0.39, 0.29) is 5.91 Å². The van der Waals surface area contributed by atoms with Crippen LogP contribution in [0.2, 0.25) is 0 Å². The third kappa shape index (κ3) is 5.64. The highest BCUT2D eigenvalue weighted by atomic mass is 16.5. The lowest BCUT2D eigenvalue weighted by Gasteiger charge is -2.29. The van der Waals surface area contributed by atoms with E-state index in [1.165, 1.54) is 24.3 Å². The van der Waals surface area contributed by atoms with E-state index in [4.69, 9.17) is 10.1 Å². The number of nitrogens with one attached hydrogen (secondary N) is 4. The fourth-order valence-electron chi connectivity index (χ4n) is 4.30. The number of carbonyl (C=O) groups excluding carboxylic acids is 1. The molecular formula is C28H33N8O2+. The van der Waals surface area contributed by atoms with Crippen LogP contribution in [-0.4, -0.2) is 73.2 Å². The van der Waals surface area contributed by atoms with Crippen LogP contribution in [0.5, 0.6) is 5.75 Å². The second-order valence-electron chi connectivity index (χ2n) is 8.95. The Hall–Kier alpha value is -4.73. The lowest BCUT2D eigenvalue weighted by molar-refractivity contribution is -0.498. The van der Waals surface area contributed by atoms with Gasteiger partial charge in [-0.15, -0.1) is 0 Å². The van der Waals surface area contributed by atoms with Gasteiger partial charge in [-0.25, -0.2) is 14.5 Å². The Balaban J connectivity index is 1.70. The van der Waals surface area contributed by atoms with Crippen LogP contribution in [0.25, 0.3) is 11.3 Å². The molecule has 2 heterocycles. The lowest BCUT2D eigenvalue weighted by atomic mass is 10.1. The average molecular weight is 514 g/mol. The summed E-state index contributed by atoms with van der Waals surface area (Å²) >= 11 is 0. The quantitative estimate of drug-likeness (QED) is 0.194. The zero-order chi connectivity index (χ0) is 27.2. The van der Waals surface area contributed by atoms with Crippen molar-refractivity contribution < 1.29 is 14.1 Å². The van der Waals surface area contributed by atoms with Gasteiger partial charge in [-0.1, -0.05) is 18.7 Å². The minimum Gasteiger partial charge on any atom is -0.494 e. The van der Waals surface area contributed by atoms with E-state index in [2.05, 4.69) is 55.9 Å². The molecule has 0 spiro atoms. The van der Waals surface area contributed by atoms with Crippen molar-refractivity contribution in [2.45, 2.75) is 6.92 Å². The molecule has 2 aromatic carbocycles. The molecule has 1 aliphatic rings. The molecule has 0 saturated heterocycles. The zero-order valence-electron chi connectivity index (χ0n) is 22.1. The molecule has 0 atom stereocenters. The summed E-state index contributed by atoms with van der Waals surface area (Å²) in [5.41, 5.74) is 6.61. The van der Waals surface area contributed by atoms with Crippen LogP contribution in [0.4, 0.5) is 28.6 Å². The van der Waals surface area contributed by atoms with Gasteiger partial charge in [0.15, 0.2) is 12.3 Å². The average Bonchev–Trinajstić information content (AvgIpc) is 2.94. The molecule has 3 aromatic rings. The van der Waals surface area contributed by atoms with Gasteiger partial charge in [-0.3, -0.25) is 4.79 Å². The molecule has 196 valence electrons. The molecule has 38 heavy (non-hydrogen) atoms. The smallest absolute Gasteiger partial charge is 0.247 e. The molecule has 0 aliphatic carbocycles. The molecule has 0 saturated carbocycles. The van der Waals surface area contributed by atoms with Gasteiger partial charge in [0.2, 0.25) is 5.91 Å². The van der Waals surface area contributed by atoms with Gasteiger partial charge in [-0.2, -0.15) is 0 Å². The van der Waals surface area contributed by atoms with Crippen molar-refractivity contribution in [1.29, 1.82) is 5.41 Å². The Kier molecular flexibility index (Phi) is 8.00. The first-order valence-corrected chi connectivity index (χ1v) is 12.2. The Labute approximate surface area is 222 Å². The Morgan fingerprint density at radius 3 is 2.68 bits per heavy atom. The van der Waals surface area contributed by atoms with Crippen LogP contribution in [0.3, 0.4) is 0 Å². The number of benzene rings is 2. The molecule has 1 aliphatic heterocycles. The van der Waals surface area contributed by atoms with Crippen molar-refractivity contribution in [3.8, 4) is 17.0 Å². The number of amides is 1. The minimum absolute atomic E-state index is 0.296. The van der Waals surface area contributed by atoms with Gasteiger partial charge in [0.05, 0.1) is 43.0 Å². The van der Waals surface area contributed by atoms with Gasteiger partial charge in [-0.05, 0) is 18.2 Å². The van der Waals surface area contributed by atoms with Crippen LogP contribution in [0, 0.1) is 5.41 Å². The predicted octanol–water partition coefficient (Wildman–Crippen LogP) is 3.98. The molecule has 0 fully saturated rings. The summed E-state index contributed by atoms with van der Waals surface area (Å²) in [5.74, 6) is 0.879. The van der Waals surface area contributed by atoms with Crippen LogP contribution in [-0.2, 0) is 4.79 Å². The molecular weight excluding hydrogens is 480 g/mol. The van der Waals surface area contributed by atoms with E-state index in [1.54, 1.807) is 7.11 Å². The van der Waals surface area contributed by atoms with E-state index >= 15 is 0 Å². The number of likely N-dealkylation sites (N-methyl/N-ethyl adjacent to an activating group) is 1. The number of hydrogen-bond donors (Lipinski definition) is 4. The summed E-state index contributed by atoms with van der Waals surface area (Å²) in [4.78, 5) is 23.4. The van der Waals surface area contributed by atoms with Crippen molar-refractivity contribution in [3.05, 3.63) is 60.9 Å². The fraction of sp³-hybridized carbons (Fsp3) is 0.250. The Morgan fingerprint density at radius 1 is 1.18 bits per heavy atom. The number of nitrogens with zero attached hydrogens (tertiary/aromatic N) is 4. The van der Waals surface area contributed by atoms with Gasteiger partial charge in [0, 0.05) is 49.1 Å². The molecule has 1 amide bonds. The maximum Gasteiger partial charge on any atom is 0.247 e. The first-order chi connectivity index (χ1) is 18.4. The molecule has 10 nitrogen and oxygen atoms in total. The number of carbonyl (C=O) groups is 1. The van der Waals surface area contributed by atoms with E-state index in [0.717, 1.165) is 47.8 Å². The number of anilines is 5. The van der Waals surface area contributed by atoms with Gasteiger partial charge in [0.25, 0.3) is 0 Å². The van der Waals surface area contributed by atoms with Crippen molar-refractivity contribution in [3.63, 3.8) is 0 Å². The number of hydrogen-bond acceptors (Lipinski definition) is 8. The third-order valence-corrected chi connectivity index (χ3v) is 6.58. The second-order valence-corrected chi connectivity index (χ2v) is 8.95. The van der Waals surface area contributed by atoms with Gasteiger partial charge in [0.1, 0.15) is 24.9 Å². The molecule has 4 N–H and O–H groups in total. The minimum atomic E-state index is -0.296.